The molecule has 0 unspecified atom stereocenters. The topological polar surface area (TPSA) is 26.0 Å². The molecule has 8 aromatic carbocycles. The van der Waals surface area contributed by atoms with Gasteiger partial charge < -0.3 is 4.42 Å². The van der Waals surface area contributed by atoms with Gasteiger partial charge in [0.15, 0.2) is 5.58 Å². The molecule has 0 aliphatic heterocycles. The first-order valence-corrected chi connectivity index (χ1v) is 15.3. The monoisotopic (exact) mass is 573 g/mol. The maximum absolute atomic E-state index is 6.05. The van der Waals surface area contributed by atoms with E-state index in [1.165, 1.54) is 65.7 Å². The van der Waals surface area contributed by atoms with E-state index in [4.69, 9.17) is 9.40 Å². The van der Waals surface area contributed by atoms with Crippen molar-refractivity contribution >= 4 is 43.4 Å². The first-order valence-electron chi connectivity index (χ1n) is 15.3. The standard InChI is InChI=1S/C43H27NO/c1-2-12-33-28(10-1)11-9-17-34(33)29-20-22-30(23-21-29)41-35-13-3-5-15-37(35)42(38-16-6-4-14-36(38)41)31-24-26-32(27-25-31)43-44-39-18-7-8-19-40(39)45-43/h1-27H. The highest BCUT2D eigenvalue weighted by Crippen LogP contribution is 2.44. The predicted octanol–water partition coefficient (Wildman–Crippen LogP) is 12.0. The molecule has 2 heteroatoms. The Bertz CT molecular complexity index is 2430. The fourth-order valence-corrected chi connectivity index (χ4v) is 6.82. The number of fused-ring (bicyclic) bond motifs is 4. The average molecular weight is 574 g/mol. The molecule has 0 atom stereocenters. The fourth-order valence-electron chi connectivity index (χ4n) is 6.82. The molecule has 0 fully saturated rings. The minimum atomic E-state index is 0.639. The highest BCUT2D eigenvalue weighted by molar-refractivity contribution is 6.21. The van der Waals surface area contributed by atoms with E-state index < -0.39 is 0 Å². The van der Waals surface area contributed by atoms with Crippen molar-refractivity contribution in [3.8, 4) is 44.8 Å². The van der Waals surface area contributed by atoms with Crippen LogP contribution in [0, 0.1) is 0 Å². The third kappa shape index (κ3) is 4.22. The Hall–Kier alpha value is -5.99. The van der Waals surface area contributed by atoms with Crippen molar-refractivity contribution in [3.05, 3.63) is 164 Å². The summed E-state index contributed by atoms with van der Waals surface area (Å²) in [5.74, 6) is 0.639. The summed E-state index contributed by atoms with van der Waals surface area (Å²) in [4.78, 5) is 4.70. The molecular weight excluding hydrogens is 546 g/mol. The molecule has 9 aromatic rings. The highest BCUT2D eigenvalue weighted by atomic mass is 16.3. The SMILES string of the molecule is c1ccc2c(-c3ccc(-c4c5ccccc5c(-c5ccc(-c6nc7ccccc7o6)cc5)c5ccccc45)cc3)cccc2c1. The van der Waals surface area contributed by atoms with Crippen molar-refractivity contribution < 1.29 is 4.42 Å². The van der Waals surface area contributed by atoms with Gasteiger partial charge in [0.05, 0.1) is 0 Å². The van der Waals surface area contributed by atoms with E-state index in [1.807, 2.05) is 24.3 Å². The predicted molar refractivity (Wildman–Crippen MR) is 188 cm³/mol. The Morgan fingerprint density at radius 1 is 0.356 bits per heavy atom. The summed E-state index contributed by atoms with van der Waals surface area (Å²) in [5, 5.41) is 7.49. The van der Waals surface area contributed by atoms with Crippen molar-refractivity contribution in [1.82, 2.24) is 4.98 Å². The Labute approximate surface area is 260 Å². The van der Waals surface area contributed by atoms with Crippen LogP contribution in [0.25, 0.3) is 88.3 Å². The van der Waals surface area contributed by atoms with Gasteiger partial charge in [-0.25, -0.2) is 4.98 Å². The highest BCUT2D eigenvalue weighted by Gasteiger charge is 2.17. The number of hydrogen-bond acceptors (Lipinski definition) is 2. The van der Waals surface area contributed by atoms with Gasteiger partial charge in [-0.3, -0.25) is 0 Å². The summed E-state index contributed by atoms with van der Waals surface area (Å²) < 4.78 is 6.05. The van der Waals surface area contributed by atoms with Gasteiger partial charge >= 0.3 is 0 Å². The molecule has 0 spiro atoms. The largest absolute Gasteiger partial charge is 0.436 e. The van der Waals surface area contributed by atoms with Crippen molar-refractivity contribution in [2.24, 2.45) is 0 Å². The van der Waals surface area contributed by atoms with E-state index in [-0.39, 0.29) is 0 Å². The zero-order valence-electron chi connectivity index (χ0n) is 24.4. The normalized spacial score (nSPS) is 11.6. The zero-order valence-corrected chi connectivity index (χ0v) is 24.4. The number of para-hydroxylation sites is 2. The molecule has 0 N–H and O–H groups in total. The molecule has 0 saturated carbocycles. The molecule has 9 rings (SSSR count). The second kappa shape index (κ2) is 10.3. The van der Waals surface area contributed by atoms with Crippen LogP contribution < -0.4 is 0 Å². The molecule has 45 heavy (non-hydrogen) atoms. The van der Waals surface area contributed by atoms with E-state index in [1.54, 1.807) is 0 Å². The van der Waals surface area contributed by atoms with Crippen LogP contribution in [0.2, 0.25) is 0 Å². The summed E-state index contributed by atoms with van der Waals surface area (Å²) in [5.41, 5.74) is 9.99. The number of benzene rings is 8. The summed E-state index contributed by atoms with van der Waals surface area (Å²) in [7, 11) is 0. The third-order valence-corrected chi connectivity index (χ3v) is 8.92. The van der Waals surface area contributed by atoms with E-state index in [2.05, 4.69) is 140 Å². The van der Waals surface area contributed by atoms with Crippen LogP contribution in [-0.2, 0) is 0 Å². The van der Waals surface area contributed by atoms with E-state index in [0.717, 1.165) is 16.7 Å². The van der Waals surface area contributed by atoms with Crippen LogP contribution in [0.3, 0.4) is 0 Å². The maximum Gasteiger partial charge on any atom is 0.227 e. The van der Waals surface area contributed by atoms with Crippen LogP contribution in [0.4, 0.5) is 0 Å². The summed E-state index contributed by atoms with van der Waals surface area (Å²) in [6.45, 7) is 0. The van der Waals surface area contributed by atoms with Gasteiger partial charge in [-0.15, -0.1) is 0 Å². The molecular formula is C43H27NO. The molecule has 0 amide bonds. The number of oxazole rings is 1. The summed E-state index contributed by atoms with van der Waals surface area (Å²) in [6.07, 6.45) is 0. The van der Waals surface area contributed by atoms with Crippen LogP contribution in [0.1, 0.15) is 0 Å². The van der Waals surface area contributed by atoms with Gasteiger partial charge in [0.1, 0.15) is 5.52 Å². The van der Waals surface area contributed by atoms with Crippen LogP contribution >= 0.6 is 0 Å². The molecule has 0 bridgehead atoms. The maximum atomic E-state index is 6.05. The molecule has 0 aliphatic rings. The second-order valence-corrected chi connectivity index (χ2v) is 11.5. The van der Waals surface area contributed by atoms with Gasteiger partial charge in [-0.2, -0.15) is 0 Å². The molecule has 210 valence electrons. The minimum absolute atomic E-state index is 0.639. The molecule has 0 saturated heterocycles. The number of aromatic nitrogens is 1. The average Bonchev–Trinajstić information content (AvgIpc) is 3.55. The lowest BCUT2D eigenvalue weighted by atomic mass is 9.85. The number of rotatable bonds is 4. The quantitative estimate of drug-likeness (QED) is 0.196. The molecule has 1 heterocycles. The lowest BCUT2D eigenvalue weighted by Gasteiger charge is -2.18. The lowest BCUT2D eigenvalue weighted by molar-refractivity contribution is 0.620. The van der Waals surface area contributed by atoms with Gasteiger partial charge in [0, 0.05) is 5.56 Å². The van der Waals surface area contributed by atoms with Gasteiger partial charge in [0.2, 0.25) is 5.89 Å². The number of hydrogen-bond donors (Lipinski definition) is 0. The fraction of sp³-hybridized carbons (Fsp3) is 0. The summed E-state index contributed by atoms with van der Waals surface area (Å²) >= 11 is 0. The van der Waals surface area contributed by atoms with Crippen LogP contribution in [-0.4, -0.2) is 4.98 Å². The Balaban J connectivity index is 1.19. The van der Waals surface area contributed by atoms with Crippen molar-refractivity contribution in [2.45, 2.75) is 0 Å². The van der Waals surface area contributed by atoms with E-state index in [0.29, 0.717) is 5.89 Å². The molecule has 2 nitrogen and oxygen atoms in total. The smallest absolute Gasteiger partial charge is 0.227 e. The van der Waals surface area contributed by atoms with Gasteiger partial charge in [-0.05, 0) is 90.0 Å². The van der Waals surface area contributed by atoms with Crippen LogP contribution in [0.5, 0.6) is 0 Å². The Morgan fingerprint density at radius 2 is 0.822 bits per heavy atom. The first-order chi connectivity index (χ1) is 22.3. The Kier molecular flexibility index (Phi) is 5.85. The summed E-state index contributed by atoms with van der Waals surface area (Å²) in [6, 6.07) is 58.3. The van der Waals surface area contributed by atoms with E-state index >= 15 is 0 Å². The third-order valence-electron chi connectivity index (χ3n) is 8.92. The molecule has 1 aromatic heterocycles. The molecule has 0 aliphatic carbocycles. The first kappa shape index (κ1) is 25.5. The zero-order chi connectivity index (χ0) is 29.7. The van der Waals surface area contributed by atoms with E-state index in [9.17, 15) is 0 Å². The van der Waals surface area contributed by atoms with Crippen molar-refractivity contribution in [2.75, 3.05) is 0 Å². The van der Waals surface area contributed by atoms with Crippen LogP contribution in [0.15, 0.2) is 168 Å². The van der Waals surface area contributed by atoms with Crippen molar-refractivity contribution in [1.29, 1.82) is 0 Å². The lowest BCUT2D eigenvalue weighted by Crippen LogP contribution is -1.91. The molecule has 0 radical (unpaired) electrons. The number of nitrogens with zero attached hydrogens (tertiary/aromatic N) is 1. The van der Waals surface area contributed by atoms with Crippen molar-refractivity contribution in [3.63, 3.8) is 0 Å². The minimum Gasteiger partial charge on any atom is -0.436 e. The second-order valence-electron chi connectivity index (χ2n) is 11.5. The Morgan fingerprint density at radius 3 is 1.42 bits per heavy atom. The van der Waals surface area contributed by atoms with Gasteiger partial charge in [-0.1, -0.05) is 140 Å². The van der Waals surface area contributed by atoms with Gasteiger partial charge in [0.25, 0.3) is 0 Å².